The van der Waals surface area contributed by atoms with Crippen LogP contribution in [0.15, 0.2) is 54.6 Å². The van der Waals surface area contributed by atoms with E-state index in [1.165, 1.54) is 14.2 Å². The largest absolute Gasteiger partial charge is 0.618 e. The first-order valence-electron chi connectivity index (χ1n) is 7.77. The van der Waals surface area contributed by atoms with Gasteiger partial charge < -0.3 is 14.7 Å². The molecule has 1 aliphatic rings. The molecule has 0 amide bonds. The summed E-state index contributed by atoms with van der Waals surface area (Å²) in [6.07, 6.45) is 0. The third kappa shape index (κ3) is 2.32. The number of ether oxygens (including phenoxy) is 2. The Morgan fingerprint density at radius 1 is 0.880 bits per heavy atom. The van der Waals surface area contributed by atoms with Gasteiger partial charge in [-0.2, -0.15) is 4.74 Å². The monoisotopic (exact) mass is 333 g/mol. The van der Waals surface area contributed by atoms with Gasteiger partial charge in [-0.1, -0.05) is 24.3 Å². The predicted molar refractivity (Wildman–Crippen MR) is 95.2 cm³/mol. The first-order valence-corrected chi connectivity index (χ1v) is 7.77. The molecular formula is C20H15NO4. The molecule has 0 saturated carbocycles. The van der Waals surface area contributed by atoms with E-state index in [2.05, 4.69) is 0 Å². The molecule has 0 radical (unpaired) electrons. The molecule has 124 valence electrons. The number of methoxy groups -OCH3 is 2. The van der Waals surface area contributed by atoms with Gasteiger partial charge in [0, 0.05) is 12.1 Å². The minimum Gasteiger partial charge on any atom is -0.618 e. The number of nitrogens with zero attached hydrogens (tertiary/aromatic N) is 1. The Balaban J connectivity index is 1.92. The first kappa shape index (κ1) is 15.2. The van der Waals surface area contributed by atoms with E-state index in [9.17, 15) is 10.0 Å². The average Bonchev–Trinajstić information content (AvgIpc) is 2.89. The molecule has 25 heavy (non-hydrogen) atoms. The summed E-state index contributed by atoms with van der Waals surface area (Å²) >= 11 is 0. The van der Waals surface area contributed by atoms with Crippen molar-refractivity contribution in [3.63, 3.8) is 0 Å². The lowest BCUT2D eigenvalue weighted by Crippen LogP contribution is -2.16. The Hall–Kier alpha value is -3.34. The maximum Gasteiger partial charge on any atom is 0.273 e. The van der Waals surface area contributed by atoms with Crippen LogP contribution in [0.25, 0.3) is 10.8 Å². The van der Waals surface area contributed by atoms with Crippen molar-refractivity contribution in [2.45, 2.75) is 0 Å². The molecule has 0 fully saturated rings. The second kappa shape index (κ2) is 5.63. The van der Waals surface area contributed by atoms with Gasteiger partial charge in [0.25, 0.3) is 11.5 Å². The molecule has 5 heteroatoms. The average molecular weight is 333 g/mol. The zero-order valence-electron chi connectivity index (χ0n) is 13.8. The zero-order valence-corrected chi connectivity index (χ0v) is 13.8. The lowest BCUT2D eigenvalue weighted by Gasteiger charge is -2.07. The van der Waals surface area contributed by atoms with Crippen molar-refractivity contribution in [2.24, 2.45) is 0 Å². The Labute approximate surface area is 144 Å². The van der Waals surface area contributed by atoms with Crippen molar-refractivity contribution in [3.05, 3.63) is 70.9 Å². The summed E-state index contributed by atoms with van der Waals surface area (Å²) in [6.45, 7) is 0. The summed E-state index contributed by atoms with van der Waals surface area (Å²) in [5.41, 5.74) is 1.31. The number of carbonyl (C=O) groups excluding carboxylic acids is 1. The molecule has 0 N–H and O–H groups in total. The molecule has 1 aliphatic heterocycles. The van der Waals surface area contributed by atoms with Crippen molar-refractivity contribution in [1.29, 1.82) is 0 Å². The van der Waals surface area contributed by atoms with Crippen molar-refractivity contribution in [2.75, 3.05) is 14.2 Å². The van der Waals surface area contributed by atoms with Crippen LogP contribution >= 0.6 is 0 Å². The van der Waals surface area contributed by atoms with E-state index in [1.54, 1.807) is 30.3 Å². The Morgan fingerprint density at radius 2 is 1.48 bits per heavy atom. The summed E-state index contributed by atoms with van der Waals surface area (Å²) in [6, 6.07) is 16.2. The number of Topliss-reactive ketones (excluding diaryl/α,β-unsaturated/α-hetero) is 1. The van der Waals surface area contributed by atoms with Gasteiger partial charge in [0.1, 0.15) is 17.1 Å². The van der Waals surface area contributed by atoms with Gasteiger partial charge in [0.05, 0.1) is 19.8 Å². The van der Waals surface area contributed by atoms with Gasteiger partial charge in [0.2, 0.25) is 5.69 Å². The summed E-state index contributed by atoms with van der Waals surface area (Å²) in [5, 5.41) is 14.7. The van der Waals surface area contributed by atoms with Gasteiger partial charge >= 0.3 is 0 Å². The van der Waals surface area contributed by atoms with Crippen LogP contribution < -0.4 is 9.47 Å². The second-order valence-corrected chi connectivity index (χ2v) is 5.79. The van der Waals surface area contributed by atoms with Crippen molar-refractivity contribution in [3.8, 4) is 11.5 Å². The van der Waals surface area contributed by atoms with Crippen LogP contribution in [0.2, 0.25) is 0 Å². The SMILES string of the molecule is COc1cc(OC)cc(C2=[N+]([O-])c3cc4ccccc4cc3C2=O)c1. The third-order valence-electron chi connectivity index (χ3n) is 4.37. The van der Waals surface area contributed by atoms with Crippen molar-refractivity contribution in [1.82, 2.24) is 0 Å². The molecule has 5 nitrogen and oxygen atoms in total. The number of carbonyl (C=O) groups is 1. The first-order chi connectivity index (χ1) is 12.1. The lowest BCUT2D eigenvalue weighted by molar-refractivity contribution is -0.355. The topological polar surface area (TPSA) is 61.6 Å². The lowest BCUT2D eigenvalue weighted by atomic mass is 10.00. The normalized spacial score (nSPS) is 13.3. The molecule has 0 aliphatic carbocycles. The molecule has 3 aromatic carbocycles. The molecule has 0 unspecified atom stereocenters. The number of ketones is 1. The van der Waals surface area contributed by atoms with Crippen LogP contribution in [0.1, 0.15) is 15.9 Å². The molecule has 1 heterocycles. The predicted octanol–water partition coefficient (Wildman–Crippen LogP) is 3.68. The Kier molecular flexibility index (Phi) is 3.42. The minimum atomic E-state index is -0.300. The fourth-order valence-electron chi connectivity index (χ4n) is 3.11. The number of fused-ring (bicyclic) bond motifs is 2. The van der Waals surface area contributed by atoms with Crippen LogP contribution in [0, 0.1) is 5.21 Å². The highest BCUT2D eigenvalue weighted by Crippen LogP contribution is 2.34. The van der Waals surface area contributed by atoms with Gasteiger partial charge in [-0.3, -0.25) is 4.79 Å². The van der Waals surface area contributed by atoms with Crippen molar-refractivity contribution >= 4 is 28.0 Å². The number of hydrogen-bond acceptors (Lipinski definition) is 4. The van der Waals surface area contributed by atoms with Crippen molar-refractivity contribution < 1.29 is 19.0 Å². The van der Waals surface area contributed by atoms with E-state index < -0.39 is 0 Å². The summed E-state index contributed by atoms with van der Waals surface area (Å²) in [7, 11) is 3.05. The van der Waals surface area contributed by atoms with Gasteiger partial charge in [-0.15, -0.1) is 0 Å². The van der Waals surface area contributed by atoms with Crippen LogP contribution in [0.3, 0.4) is 0 Å². The van der Waals surface area contributed by atoms with Crippen LogP contribution in [-0.2, 0) is 0 Å². The number of rotatable bonds is 3. The maximum atomic E-state index is 12.9. The van der Waals surface area contributed by atoms with E-state index in [1.807, 2.05) is 24.3 Å². The highest BCUT2D eigenvalue weighted by atomic mass is 16.5. The number of hydrogen-bond donors (Lipinski definition) is 0. The fourth-order valence-corrected chi connectivity index (χ4v) is 3.11. The second-order valence-electron chi connectivity index (χ2n) is 5.79. The van der Waals surface area contributed by atoms with Gasteiger partial charge in [0.15, 0.2) is 0 Å². The molecule has 0 saturated heterocycles. The fraction of sp³-hybridized carbons (Fsp3) is 0.100. The van der Waals surface area contributed by atoms with Gasteiger partial charge in [-0.05, 0) is 29.0 Å². The minimum absolute atomic E-state index is 0.0718. The standard InChI is InChI=1S/C20H15NO4/c1-24-15-7-14(8-16(11-15)25-2)19-20(22)17-9-12-5-3-4-6-13(12)10-18(17)21(19)23/h3-11H,1-2H3. The van der Waals surface area contributed by atoms with Crippen LogP contribution in [0.4, 0.5) is 5.69 Å². The van der Waals surface area contributed by atoms with E-state index in [-0.39, 0.29) is 11.5 Å². The van der Waals surface area contributed by atoms with Crippen LogP contribution in [-0.4, -0.2) is 30.5 Å². The van der Waals surface area contributed by atoms with Crippen LogP contribution in [0.5, 0.6) is 11.5 Å². The molecule has 0 bridgehead atoms. The smallest absolute Gasteiger partial charge is 0.273 e. The highest BCUT2D eigenvalue weighted by Gasteiger charge is 2.37. The summed E-state index contributed by atoms with van der Waals surface area (Å²) in [5.74, 6) is 0.736. The van der Waals surface area contributed by atoms with E-state index >= 15 is 0 Å². The molecule has 0 atom stereocenters. The van der Waals surface area contributed by atoms with E-state index in [0.717, 1.165) is 10.8 Å². The third-order valence-corrected chi connectivity index (χ3v) is 4.37. The molecule has 0 aromatic heterocycles. The summed E-state index contributed by atoms with van der Waals surface area (Å²) < 4.78 is 11.2. The van der Waals surface area contributed by atoms with Gasteiger partial charge in [-0.25, -0.2) is 0 Å². The summed E-state index contributed by atoms with van der Waals surface area (Å²) in [4.78, 5) is 12.9. The number of benzene rings is 3. The highest BCUT2D eigenvalue weighted by molar-refractivity contribution is 6.52. The quantitative estimate of drug-likeness (QED) is 0.542. The van der Waals surface area contributed by atoms with E-state index in [0.29, 0.717) is 33.1 Å². The molecule has 0 spiro atoms. The molecule has 3 aromatic rings. The zero-order chi connectivity index (χ0) is 17.6. The Morgan fingerprint density at radius 3 is 2.08 bits per heavy atom. The molecular weight excluding hydrogens is 318 g/mol. The maximum absolute atomic E-state index is 12.9. The van der Waals surface area contributed by atoms with E-state index in [4.69, 9.17) is 9.47 Å². The Bertz CT molecular complexity index is 1030. The molecule has 4 rings (SSSR count).